The zero-order chi connectivity index (χ0) is 20.9. The Bertz CT molecular complexity index is 973. The number of sulfone groups is 1. The van der Waals surface area contributed by atoms with E-state index in [0.717, 1.165) is 31.4 Å². The Hall–Kier alpha value is -3.27. The molecule has 1 amide bonds. The van der Waals surface area contributed by atoms with Crippen LogP contribution in [0.2, 0.25) is 0 Å². The van der Waals surface area contributed by atoms with Crippen LogP contribution in [0.3, 0.4) is 0 Å². The Morgan fingerprint density at radius 1 is 1.07 bits per heavy atom. The summed E-state index contributed by atoms with van der Waals surface area (Å²) >= 11 is 0. The van der Waals surface area contributed by atoms with E-state index in [1.54, 1.807) is 30.3 Å². The molecule has 1 unspecified atom stereocenters. The van der Waals surface area contributed by atoms with E-state index in [2.05, 4.69) is 10.1 Å². The van der Waals surface area contributed by atoms with E-state index in [0.29, 0.717) is 5.56 Å². The molecule has 2 rings (SSSR count). The monoisotopic (exact) mass is 406 g/mol. The molecule has 0 radical (unpaired) electrons. The molecule has 9 nitrogen and oxygen atoms in total. The molecule has 0 aliphatic heterocycles. The molecule has 28 heavy (non-hydrogen) atoms. The van der Waals surface area contributed by atoms with Gasteiger partial charge in [-0.2, -0.15) is 0 Å². The number of hydrogen-bond donors (Lipinski definition) is 1. The van der Waals surface area contributed by atoms with Gasteiger partial charge >= 0.3 is 5.97 Å². The van der Waals surface area contributed by atoms with E-state index in [4.69, 9.17) is 0 Å². The Labute approximate surface area is 161 Å². The molecule has 0 aliphatic carbocycles. The fraction of sp³-hybridized carbons (Fsp3) is 0.222. The zero-order valence-electron chi connectivity index (χ0n) is 15.1. The van der Waals surface area contributed by atoms with Crippen LogP contribution in [-0.4, -0.2) is 37.6 Å². The molecule has 148 valence electrons. The first-order chi connectivity index (χ1) is 13.2. The van der Waals surface area contributed by atoms with Crippen molar-refractivity contribution in [2.75, 3.05) is 7.11 Å². The van der Waals surface area contributed by atoms with Gasteiger partial charge in [0.05, 0.1) is 23.0 Å². The van der Waals surface area contributed by atoms with Crippen molar-refractivity contribution in [3.8, 4) is 0 Å². The molecule has 0 bridgehead atoms. The Morgan fingerprint density at radius 3 is 2.11 bits per heavy atom. The van der Waals surface area contributed by atoms with Gasteiger partial charge in [-0.15, -0.1) is 0 Å². The van der Waals surface area contributed by atoms with Crippen molar-refractivity contribution in [2.24, 2.45) is 0 Å². The number of nitrogens with zero attached hydrogens (tertiary/aromatic N) is 1. The van der Waals surface area contributed by atoms with Gasteiger partial charge in [0.2, 0.25) is 5.91 Å². The number of esters is 1. The number of non-ortho nitro benzene ring substituents is 1. The van der Waals surface area contributed by atoms with E-state index in [-0.39, 0.29) is 10.6 Å². The molecule has 0 saturated heterocycles. The van der Waals surface area contributed by atoms with E-state index in [1.807, 2.05) is 0 Å². The van der Waals surface area contributed by atoms with E-state index in [1.165, 1.54) is 6.92 Å². The first-order valence-electron chi connectivity index (χ1n) is 8.06. The maximum absolute atomic E-state index is 13.2. The van der Waals surface area contributed by atoms with Crippen LogP contribution < -0.4 is 5.32 Å². The summed E-state index contributed by atoms with van der Waals surface area (Å²) in [5, 5.41) is 11.5. The number of hydrogen-bond acceptors (Lipinski definition) is 7. The molecule has 2 atom stereocenters. The van der Waals surface area contributed by atoms with Crippen LogP contribution in [0.15, 0.2) is 59.5 Å². The average Bonchev–Trinajstić information content (AvgIpc) is 2.67. The quantitative estimate of drug-likeness (QED) is 0.421. The average molecular weight is 406 g/mol. The van der Waals surface area contributed by atoms with Crippen LogP contribution in [0, 0.1) is 10.1 Å². The van der Waals surface area contributed by atoms with Crippen molar-refractivity contribution in [3.63, 3.8) is 0 Å². The molecular formula is C18H18N2O7S. The van der Waals surface area contributed by atoms with Crippen molar-refractivity contribution < 1.29 is 27.7 Å². The molecule has 0 fully saturated rings. The highest BCUT2D eigenvalue weighted by atomic mass is 32.2. The van der Waals surface area contributed by atoms with Crippen LogP contribution in [0.5, 0.6) is 0 Å². The highest BCUT2D eigenvalue weighted by molar-refractivity contribution is 7.92. The molecule has 2 aromatic rings. The minimum absolute atomic E-state index is 0.296. The van der Waals surface area contributed by atoms with Crippen LogP contribution in [0.25, 0.3) is 0 Å². The predicted molar refractivity (Wildman–Crippen MR) is 99.1 cm³/mol. The van der Waals surface area contributed by atoms with Gasteiger partial charge in [0.1, 0.15) is 0 Å². The molecular weight excluding hydrogens is 388 g/mol. The summed E-state index contributed by atoms with van der Waals surface area (Å²) in [6.45, 7) is 1.20. The van der Waals surface area contributed by atoms with Gasteiger partial charge in [-0.3, -0.25) is 19.7 Å². The van der Waals surface area contributed by atoms with Crippen molar-refractivity contribution in [3.05, 3.63) is 70.3 Å². The third-order valence-electron chi connectivity index (χ3n) is 3.96. The van der Waals surface area contributed by atoms with Crippen molar-refractivity contribution >= 4 is 27.4 Å². The number of nitro benzene ring substituents is 1. The highest BCUT2D eigenvalue weighted by Gasteiger charge is 2.43. The summed E-state index contributed by atoms with van der Waals surface area (Å²) in [4.78, 5) is 34.0. The second kappa shape index (κ2) is 8.61. The normalized spacial score (nSPS) is 13.2. The molecule has 0 saturated carbocycles. The van der Waals surface area contributed by atoms with Crippen LogP contribution in [0.1, 0.15) is 18.5 Å². The summed E-state index contributed by atoms with van der Waals surface area (Å²) in [6.07, 6.45) is 0. The molecule has 0 heterocycles. The predicted octanol–water partition coefficient (Wildman–Crippen LogP) is 1.79. The number of rotatable bonds is 7. The van der Waals surface area contributed by atoms with Gasteiger partial charge in [-0.25, -0.2) is 8.42 Å². The zero-order valence-corrected chi connectivity index (χ0v) is 15.9. The number of ether oxygens (including phenoxy) is 1. The Kier molecular flexibility index (Phi) is 6.47. The van der Waals surface area contributed by atoms with Gasteiger partial charge in [0, 0.05) is 19.1 Å². The third-order valence-corrected chi connectivity index (χ3v) is 6.03. The summed E-state index contributed by atoms with van der Waals surface area (Å²) < 4.78 is 31.1. The maximum atomic E-state index is 13.2. The number of methoxy groups -OCH3 is 1. The van der Waals surface area contributed by atoms with Crippen LogP contribution in [0.4, 0.5) is 5.69 Å². The van der Waals surface area contributed by atoms with Gasteiger partial charge in [-0.05, 0) is 17.7 Å². The standard InChI is InChI=1S/C18H18N2O7S/c1-12(21)19-16(13-6-4-3-5-7-13)17(18(22)27-2)28(25,26)15-10-8-14(9-11-15)20(23)24/h3-11,16-17H,1-2H3,(H,19,21)/t16-,17?/m1/s1. The second-order valence-corrected chi connectivity index (χ2v) is 7.90. The molecule has 2 aromatic carbocycles. The fourth-order valence-electron chi connectivity index (χ4n) is 2.68. The smallest absolute Gasteiger partial charge is 0.326 e. The van der Waals surface area contributed by atoms with Gasteiger partial charge < -0.3 is 10.1 Å². The van der Waals surface area contributed by atoms with Crippen LogP contribution >= 0.6 is 0 Å². The summed E-state index contributed by atoms with van der Waals surface area (Å²) in [6, 6.07) is 11.0. The maximum Gasteiger partial charge on any atom is 0.326 e. The first-order valence-corrected chi connectivity index (χ1v) is 9.61. The number of nitrogens with one attached hydrogen (secondary N) is 1. The van der Waals surface area contributed by atoms with Gasteiger partial charge in [0.15, 0.2) is 15.1 Å². The summed E-state index contributed by atoms with van der Waals surface area (Å²) in [5.74, 6) is -1.61. The van der Waals surface area contributed by atoms with E-state index in [9.17, 15) is 28.1 Å². The first kappa shape index (κ1) is 21.0. The molecule has 1 N–H and O–H groups in total. The third kappa shape index (κ3) is 4.52. The molecule has 10 heteroatoms. The minimum Gasteiger partial charge on any atom is -0.468 e. The van der Waals surface area contributed by atoms with Gasteiger partial charge in [0.25, 0.3) is 5.69 Å². The summed E-state index contributed by atoms with van der Waals surface area (Å²) in [5.41, 5.74) is 0.0913. The lowest BCUT2D eigenvalue weighted by Crippen LogP contribution is -2.44. The Morgan fingerprint density at radius 2 is 1.64 bits per heavy atom. The van der Waals surface area contributed by atoms with E-state index < -0.39 is 37.9 Å². The molecule has 0 aliphatic rings. The lowest BCUT2D eigenvalue weighted by atomic mass is 10.0. The number of carbonyl (C=O) groups is 2. The lowest BCUT2D eigenvalue weighted by Gasteiger charge is -2.26. The van der Waals surface area contributed by atoms with Crippen LogP contribution in [-0.2, 0) is 24.2 Å². The number of nitro groups is 1. The van der Waals surface area contributed by atoms with E-state index >= 15 is 0 Å². The highest BCUT2D eigenvalue weighted by Crippen LogP contribution is 2.29. The Balaban J connectivity index is 2.60. The van der Waals surface area contributed by atoms with Crippen molar-refractivity contribution in [1.82, 2.24) is 5.32 Å². The number of carbonyl (C=O) groups excluding carboxylic acids is 2. The number of benzene rings is 2. The summed E-state index contributed by atoms with van der Waals surface area (Å²) in [7, 11) is -3.32. The number of amides is 1. The van der Waals surface area contributed by atoms with Crippen molar-refractivity contribution in [2.45, 2.75) is 23.1 Å². The lowest BCUT2D eigenvalue weighted by molar-refractivity contribution is -0.384. The van der Waals surface area contributed by atoms with Crippen molar-refractivity contribution in [1.29, 1.82) is 0 Å². The fourth-order valence-corrected chi connectivity index (χ4v) is 4.42. The topological polar surface area (TPSA) is 133 Å². The molecule has 0 spiro atoms. The largest absolute Gasteiger partial charge is 0.468 e. The molecule has 0 aromatic heterocycles. The SMILES string of the molecule is COC(=O)C([C@H](NC(C)=O)c1ccccc1)S(=O)(=O)c1ccc([N+](=O)[O-])cc1. The minimum atomic E-state index is -4.36. The van der Waals surface area contributed by atoms with Gasteiger partial charge in [-0.1, -0.05) is 30.3 Å². The second-order valence-electron chi connectivity index (χ2n) is 5.83.